The van der Waals surface area contributed by atoms with E-state index in [9.17, 15) is 4.79 Å². The number of hydrogen-bond acceptors (Lipinski definition) is 3. The number of carbonyl (C=O) groups is 1. The monoisotopic (exact) mass is 361 g/mol. The summed E-state index contributed by atoms with van der Waals surface area (Å²) in [5, 5.41) is 3.05. The lowest BCUT2D eigenvalue weighted by Crippen LogP contribution is -2.27. The molecule has 0 heterocycles. The van der Waals surface area contributed by atoms with E-state index in [1.54, 1.807) is 7.11 Å². The van der Waals surface area contributed by atoms with Crippen LogP contribution in [0.4, 0.5) is 0 Å². The third-order valence-electron chi connectivity index (χ3n) is 4.27. The Morgan fingerprint density at radius 3 is 2.22 bits per heavy atom. The Bertz CT molecular complexity index is 876. The van der Waals surface area contributed by atoms with Crippen molar-refractivity contribution in [3.63, 3.8) is 0 Å². The molecule has 27 heavy (non-hydrogen) atoms. The lowest BCUT2D eigenvalue weighted by Gasteiger charge is -2.16. The third kappa shape index (κ3) is 4.96. The largest absolute Gasteiger partial charge is 0.457 e. The molecule has 0 aromatic heterocycles. The molecule has 0 aliphatic rings. The zero-order chi connectivity index (χ0) is 19.1. The highest BCUT2D eigenvalue weighted by Gasteiger charge is 2.14. The predicted octanol–water partition coefficient (Wildman–Crippen LogP) is 5.12. The van der Waals surface area contributed by atoms with Gasteiger partial charge in [0.1, 0.15) is 11.5 Å². The third-order valence-corrected chi connectivity index (χ3v) is 4.27. The van der Waals surface area contributed by atoms with Crippen molar-refractivity contribution in [3.05, 3.63) is 95.6 Å². The van der Waals surface area contributed by atoms with Gasteiger partial charge in [0.15, 0.2) is 0 Å². The van der Waals surface area contributed by atoms with Crippen molar-refractivity contribution in [2.75, 3.05) is 7.11 Å². The van der Waals surface area contributed by atoms with Crippen LogP contribution in [-0.4, -0.2) is 13.0 Å². The minimum absolute atomic E-state index is 0.111. The summed E-state index contributed by atoms with van der Waals surface area (Å²) in [5.41, 5.74) is 2.51. The minimum atomic E-state index is -0.126. The smallest absolute Gasteiger partial charge is 0.252 e. The van der Waals surface area contributed by atoms with E-state index in [0.29, 0.717) is 12.2 Å². The molecule has 0 saturated carbocycles. The second-order valence-electron chi connectivity index (χ2n) is 6.27. The van der Waals surface area contributed by atoms with Crippen LogP contribution in [0.25, 0.3) is 0 Å². The summed E-state index contributed by atoms with van der Waals surface area (Å²) in [4.78, 5) is 12.6. The Labute approximate surface area is 159 Å². The van der Waals surface area contributed by atoms with Gasteiger partial charge in [0.2, 0.25) is 0 Å². The Balaban J connectivity index is 1.66. The normalized spacial score (nSPS) is 11.6. The summed E-state index contributed by atoms with van der Waals surface area (Å²) < 4.78 is 11.0. The SMILES string of the molecule is COCc1ccccc1C(=O)NC(C)c1ccc(Oc2ccccc2)cc1. The molecule has 3 aromatic carbocycles. The molecule has 1 amide bonds. The van der Waals surface area contributed by atoms with Crippen molar-refractivity contribution in [3.8, 4) is 11.5 Å². The Morgan fingerprint density at radius 2 is 1.52 bits per heavy atom. The van der Waals surface area contributed by atoms with Crippen molar-refractivity contribution < 1.29 is 14.3 Å². The van der Waals surface area contributed by atoms with Gasteiger partial charge in [-0.2, -0.15) is 0 Å². The molecule has 3 aromatic rings. The first kappa shape index (κ1) is 18.7. The van der Waals surface area contributed by atoms with E-state index in [0.717, 1.165) is 22.6 Å². The van der Waals surface area contributed by atoms with Crippen LogP contribution in [0.1, 0.15) is 34.5 Å². The highest BCUT2D eigenvalue weighted by Crippen LogP contribution is 2.23. The molecular formula is C23H23NO3. The number of hydrogen-bond donors (Lipinski definition) is 1. The van der Waals surface area contributed by atoms with Crippen LogP contribution in [0, 0.1) is 0 Å². The van der Waals surface area contributed by atoms with Crippen molar-refractivity contribution in [1.82, 2.24) is 5.32 Å². The molecule has 3 rings (SSSR count). The van der Waals surface area contributed by atoms with E-state index >= 15 is 0 Å². The number of benzene rings is 3. The van der Waals surface area contributed by atoms with Crippen molar-refractivity contribution in [2.24, 2.45) is 0 Å². The molecule has 0 spiro atoms. The van der Waals surface area contributed by atoms with E-state index in [2.05, 4.69) is 5.32 Å². The maximum Gasteiger partial charge on any atom is 0.252 e. The number of rotatable bonds is 7. The molecule has 138 valence electrons. The standard InChI is InChI=1S/C23H23NO3/c1-17(24-23(25)22-11-7-6-8-19(22)16-26-2)18-12-14-21(15-13-18)27-20-9-4-3-5-10-20/h3-15,17H,16H2,1-2H3,(H,24,25). The number of methoxy groups -OCH3 is 1. The average Bonchev–Trinajstić information content (AvgIpc) is 2.70. The van der Waals surface area contributed by atoms with Gasteiger partial charge >= 0.3 is 0 Å². The Kier molecular flexibility index (Phi) is 6.23. The maximum atomic E-state index is 12.6. The van der Waals surface area contributed by atoms with Crippen LogP contribution < -0.4 is 10.1 Å². The second kappa shape index (κ2) is 9.01. The summed E-state index contributed by atoms with van der Waals surface area (Å²) >= 11 is 0. The topological polar surface area (TPSA) is 47.6 Å². The highest BCUT2D eigenvalue weighted by molar-refractivity contribution is 5.95. The molecule has 1 atom stereocenters. The van der Waals surface area contributed by atoms with Crippen molar-refractivity contribution in [2.45, 2.75) is 19.6 Å². The molecule has 0 bridgehead atoms. The average molecular weight is 361 g/mol. The molecule has 1 N–H and O–H groups in total. The first-order valence-electron chi connectivity index (χ1n) is 8.88. The number of amides is 1. The van der Waals surface area contributed by atoms with Gasteiger partial charge in [-0.25, -0.2) is 0 Å². The summed E-state index contributed by atoms with van der Waals surface area (Å²) in [5.74, 6) is 1.44. The van der Waals surface area contributed by atoms with Crippen LogP contribution in [-0.2, 0) is 11.3 Å². The Hall–Kier alpha value is -3.11. The summed E-state index contributed by atoms with van der Waals surface area (Å²) in [6.45, 7) is 2.37. The van der Waals surface area contributed by atoms with Gasteiger partial charge in [-0.15, -0.1) is 0 Å². The quantitative estimate of drug-likeness (QED) is 0.636. The molecule has 0 radical (unpaired) electrons. The lowest BCUT2D eigenvalue weighted by atomic mass is 10.1. The number of carbonyl (C=O) groups excluding carboxylic acids is 1. The molecule has 4 nitrogen and oxygen atoms in total. The molecule has 0 aliphatic heterocycles. The number of nitrogens with one attached hydrogen (secondary N) is 1. The first-order valence-corrected chi connectivity index (χ1v) is 8.88. The zero-order valence-electron chi connectivity index (χ0n) is 15.5. The van der Waals surface area contributed by atoms with Gasteiger partial charge in [-0.3, -0.25) is 4.79 Å². The van der Waals surface area contributed by atoms with Gasteiger partial charge in [-0.05, 0) is 48.4 Å². The van der Waals surface area contributed by atoms with E-state index in [1.165, 1.54) is 0 Å². The van der Waals surface area contributed by atoms with Gasteiger partial charge in [0.25, 0.3) is 5.91 Å². The minimum Gasteiger partial charge on any atom is -0.457 e. The van der Waals surface area contributed by atoms with Crippen LogP contribution in [0.5, 0.6) is 11.5 Å². The highest BCUT2D eigenvalue weighted by atomic mass is 16.5. The van der Waals surface area contributed by atoms with Crippen LogP contribution in [0.15, 0.2) is 78.9 Å². The fourth-order valence-electron chi connectivity index (χ4n) is 2.83. The van der Waals surface area contributed by atoms with E-state index < -0.39 is 0 Å². The fraction of sp³-hybridized carbons (Fsp3) is 0.174. The van der Waals surface area contributed by atoms with Crippen LogP contribution >= 0.6 is 0 Å². The van der Waals surface area contributed by atoms with Crippen LogP contribution in [0.3, 0.4) is 0 Å². The predicted molar refractivity (Wildman–Crippen MR) is 106 cm³/mol. The number of para-hydroxylation sites is 1. The maximum absolute atomic E-state index is 12.6. The lowest BCUT2D eigenvalue weighted by molar-refractivity contribution is 0.0935. The number of ether oxygens (including phenoxy) is 2. The van der Waals surface area contributed by atoms with Gasteiger partial charge < -0.3 is 14.8 Å². The van der Waals surface area contributed by atoms with E-state index in [1.807, 2.05) is 85.8 Å². The molecule has 0 saturated heterocycles. The molecular weight excluding hydrogens is 338 g/mol. The van der Waals surface area contributed by atoms with E-state index in [-0.39, 0.29) is 11.9 Å². The molecule has 0 fully saturated rings. The van der Waals surface area contributed by atoms with Gasteiger partial charge in [-0.1, -0.05) is 48.5 Å². The Morgan fingerprint density at radius 1 is 0.889 bits per heavy atom. The van der Waals surface area contributed by atoms with E-state index in [4.69, 9.17) is 9.47 Å². The second-order valence-corrected chi connectivity index (χ2v) is 6.27. The summed E-state index contributed by atoms with van der Waals surface area (Å²) in [6.07, 6.45) is 0. The molecule has 1 unspecified atom stereocenters. The summed E-state index contributed by atoms with van der Waals surface area (Å²) in [6, 6.07) is 24.7. The van der Waals surface area contributed by atoms with Crippen molar-refractivity contribution in [1.29, 1.82) is 0 Å². The fourth-order valence-corrected chi connectivity index (χ4v) is 2.83. The molecule has 4 heteroatoms. The zero-order valence-corrected chi connectivity index (χ0v) is 15.5. The van der Waals surface area contributed by atoms with Gasteiger partial charge in [0.05, 0.1) is 12.6 Å². The molecule has 0 aliphatic carbocycles. The first-order chi connectivity index (χ1) is 13.2. The van der Waals surface area contributed by atoms with Crippen molar-refractivity contribution >= 4 is 5.91 Å². The van der Waals surface area contributed by atoms with Gasteiger partial charge in [0, 0.05) is 12.7 Å². The van der Waals surface area contributed by atoms with Crippen LogP contribution in [0.2, 0.25) is 0 Å². The summed E-state index contributed by atoms with van der Waals surface area (Å²) in [7, 11) is 1.62.